The molecule has 1 saturated heterocycles. The molecule has 1 saturated carbocycles. The molecule has 4 heteroatoms. The van der Waals surface area contributed by atoms with Gasteiger partial charge in [-0.3, -0.25) is 4.90 Å². The van der Waals surface area contributed by atoms with Gasteiger partial charge in [-0.05, 0) is 12.8 Å². The second kappa shape index (κ2) is 7.75. The molecule has 2 aliphatic rings. The van der Waals surface area contributed by atoms with E-state index in [2.05, 4.69) is 10.2 Å². The minimum absolute atomic E-state index is 0. The van der Waals surface area contributed by atoms with Crippen LogP contribution in [0.15, 0.2) is 0 Å². The van der Waals surface area contributed by atoms with E-state index in [-0.39, 0.29) is 24.8 Å². The molecular formula is C10H22Cl2N2. The van der Waals surface area contributed by atoms with E-state index in [1.807, 2.05) is 0 Å². The van der Waals surface area contributed by atoms with Crippen molar-refractivity contribution in [2.45, 2.75) is 38.1 Å². The van der Waals surface area contributed by atoms with Gasteiger partial charge in [-0.1, -0.05) is 19.3 Å². The standard InChI is InChI=1S/C10H20N2.2ClH/c1-2-4-10(5-3-1)12-8-6-11-7-9-12;;/h10-11H,1-9H2;2*1H. The lowest BCUT2D eigenvalue weighted by atomic mass is 9.94. The van der Waals surface area contributed by atoms with E-state index < -0.39 is 0 Å². The molecule has 0 atom stereocenters. The normalized spacial score (nSPS) is 24.9. The zero-order valence-corrected chi connectivity index (χ0v) is 10.3. The van der Waals surface area contributed by atoms with Crippen LogP contribution in [-0.4, -0.2) is 37.1 Å². The van der Waals surface area contributed by atoms with E-state index in [4.69, 9.17) is 0 Å². The molecule has 86 valence electrons. The summed E-state index contributed by atoms with van der Waals surface area (Å²) in [5, 5.41) is 3.41. The van der Waals surface area contributed by atoms with Gasteiger partial charge < -0.3 is 5.32 Å². The van der Waals surface area contributed by atoms with E-state index in [0.717, 1.165) is 6.04 Å². The van der Waals surface area contributed by atoms with Crippen molar-refractivity contribution in [3.05, 3.63) is 0 Å². The smallest absolute Gasteiger partial charge is 0.0110 e. The summed E-state index contributed by atoms with van der Waals surface area (Å²) in [6.07, 6.45) is 7.33. The molecule has 14 heavy (non-hydrogen) atoms. The molecule has 2 fully saturated rings. The van der Waals surface area contributed by atoms with Gasteiger partial charge in [0, 0.05) is 32.2 Å². The third-order valence-electron chi connectivity index (χ3n) is 3.24. The van der Waals surface area contributed by atoms with Crippen LogP contribution >= 0.6 is 24.8 Å². The zero-order chi connectivity index (χ0) is 8.23. The molecule has 0 spiro atoms. The minimum Gasteiger partial charge on any atom is -0.314 e. The van der Waals surface area contributed by atoms with Gasteiger partial charge in [-0.25, -0.2) is 0 Å². The average Bonchev–Trinajstić information content (AvgIpc) is 2.21. The number of nitrogens with one attached hydrogen (secondary N) is 1. The molecule has 1 heterocycles. The van der Waals surface area contributed by atoms with E-state index >= 15 is 0 Å². The molecule has 0 radical (unpaired) electrons. The van der Waals surface area contributed by atoms with Crippen LogP contribution in [0.25, 0.3) is 0 Å². The Labute approximate surface area is 99.6 Å². The Balaban J connectivity index is 0.000000845. The van der Waals surface area contributed by atoms with Crippen molar-refractivity contribution in [3.63, 3.8) is 0 Å². The Bertz CT molecular complexity index is 116. The number of hydrogen-bond donors (Lipinski definition) is 1. The predicted octanol–water partition coefficient (Wildman–Crippen LogP) is 2.07. The minimum atomic E-state index is 0. The molecule has 0 unspecified atom stereocenters. The van der Waals surface area contributed by atoms with Crippen molar-refractivity contribution < 1.29 is 0 Å². The van der Waals surface area contributed by atoms with Gasteiger partial charge in [-0.2, -0.15) is 0 Å². The second-order valence-corrected chi connectivity index (χ2v) is 4.08. The zero-order valence-electron chi connectivity index (χ0n) is 8.71. The molecule has 0 amide bonds. The van der Waals surface area contributed by atoms with Crippen molar-refractivity contribution in [1.82, 2.24) is 10.2 Å². The number of halogens is 2. The first-order chi connectivity index (χ1) is 5.97. The highest BCUT2D eigenvalue weighted by Crippen LogP contribution is 2.22. The number of rotatable bonds is 1. The van der Waals surface area contributed by atoms with Gasteiger partial charge in [-0.15, -0.1) is 24.8 Å². The quantitative estimate of drug-likeness (QED) is 0.756. The monoisotopic (exact) mass is 240 g/mol. The van der Waals surface area contributed by atoms with Crippen LogP contribution in [0.3, 0.4) is 0 Å². The summed E-state index contributed by atoms with van der Waals surface area (Å²) < 4.78 is 0. The van der Waals surface area contributed by atoms with Crippen molar-refractivity contribution in [2.75, 3.05) is 26.2 Å². The molecule has 0 aromatic rings. The highest BCUT2D eigenvalue weighted by Gasteiger charge is 2.21. The van der Waals surface area contributed by atoms with E-state index in [1.165, 1.54) is 58.3 Å². The lowest BCUT2D eigenvalue weighted by Gasteiger charge is -2.36. The van der Waals surface area contributed by atoms with Crippen LogP contribution < -0.4 is 5.32 Å². The molecule has 2 nitrogen and oxygen atoms in total. The van der Waals surface area contributed by atoms with E-state index in [1.54, 1.807) is 0 Å². The van der Waals surface area contributed by atoms with Crippen molar-refractivity contribution >= 4 is 24.8 Å². The number of piperazine rings is 1. The highest BCUT2D eigenvalue weighted by atomic mass is 35.5. The van der Waals surface area contributed by atoms with Crippen LogP contribution in [0.4, 0.5) is 0 Å². The van der Waals surface area contributed by atoms with Crippen LogP contribution in [0.2, 0.25) is 0 Å². The summed E-state index contributed by atoms with van der Waals surface area (Å²) in [7, 11) is 0. The van der Waals surface area contributed by atoms with Crippen LogP contribution in [0.1, 0.15) is 32.1 Å². The summed E-state index contributed by atoms with van der Waals surface area (Å²) in [6.45, 7) is 4.97. The summed E-state index contributed by atoms with van der Waals surface area (Å²) >= 11 is 0. The van der Waals surface area contributed by atoms with Gasteiger partial charge in [0.1, 0.15) is 0 Å². The van der Waals surface area contributed by atoms with Crippen molar-refractivity contribution in [1.29, 1.82) is 0 Å². The molecule has 2 rings (SSSR count). The third kappa shape index (κ3) is 3.93. The molecule has 0 aromatic carbocycles. The fraction of sp³-hybridized carbons (Fsp3) is 1.00. The van der Waals surface area contributed by atoms with E-state index in [0.29, 0.717) is 0 Å². The van der Waals surface area contributed by atoms with Crippen molar-refractivity contribution in [2.24, 2.45) is 0 Å². The summed E-state index contributed by atoms with van der Waals surface area (Å²) in [5.41, 5.74) is 0. The Morgan fingerprint density at radius 3 is 2.00 bits per heavy atom. The summed E-state index contributed by atoms with van der Waals surface area (Å²) in [6, 6.07) is 0.931. The lowest BCUT2D eigenvalue weighted by molar-refractivity contribution is 0.139. The summed E-state index contributed by atoms with van der Waals surface area (Å²) in [4.78, 5) is 2.69. The molecular weight excluding hydrogens is 219 g/mol. The maximum atomic E-state index is 3.41. The van der Waals surface area contributed by atoms with Crippen LogP contribution in [-0.2, 0) is 0 Å². The molecule has 0 aromatic heterocycles. The second-order valence-electron chi connectivity index (χ2n) is 4.08. The predicted molar refractivity (Wildman–Crippen MR) is 65.8 cm³/mol. The van der Waals surface area contributed by atoms with Crippen molar-refractivity contribution in [3.8, 4) is 0 Å². The first kappa shape index (κ1) is 14.5. The molecule has 1 aliphatic heterocycles. The first-order valence-electron chi connectivity index (χ1n) is 5.41. The van der Waals surface area contributed by atoms with Gasteiger partial charge in [0.25, 0.3) is 0 Å². The molecule has 0 bridgehead atoms. The van der Waals surface area contributed by atoms with Crippen LogP contribution in [0.5, 0.6) is 0 Å². The average molecular weight is 241 g/mol. The molecule has 1 aliphatic carbocycles. The highest BCUT2D eigenvalue weighted by molar-refractivity contribution is 5.85. The maximum absolute atomic E-state index is 3.41. The van der Waals surface area contributed by atoms with E-state index in [9.17, 15) is 0 Å². The van der Waals surface area contributed by atoms with Gasteiger partial charge in [0.2, 0.25) is 0 Å². The van der Waals surface area contributed by atoms with Gasteiger partial charge >= 0.3 is 0 Å². The van der Waals surface area contributed by atoms with Gasteiger partial charge in [0.05, 0.1) is 0 Å². The van der Waals surface area contributed by atoms with Gasteiger partial charge in [0.15, 0.2) is 0 Å². The Hall–Kier alpha value is 0.500. The maximum Gasteiger partial charge on any atom is 0.0110 e. The first-order valence-corrected chi connectivity index (χ1v) is 5.41. The van der Waals surface area contributed by atoms with Crippen LogP contribution in [0, 0.1) is 0 Å². The SMILES string of the molecule is C1CCC(N2CCNCC2)CC1.Cl.Cl. The largest absolute Gasteiger partial charge is 0.314 e. The molecule has 1 N–H and O–H groups in total. The topological polar surface area (TPSA) is 15.3 Å². The third-order valence-corrected chi connectivity index (χ3v) is 3.24. The Morgan fingerprint density at radius 2 is 1.43 bits per heavy atom. The Kier molecular flexibility index (Phi) is 8.02. The Morgan fingerprint density at radius 1 is 0.857 bits per heavy atom. The number of hydrogen-bond acceptors (Lipinski definition) is 2. The fourth-order valence-corrected chi connectivity index (χ4v) is 2.49. The lowest BCUT2D eigenvalue weighted by Crippen LogP contribution is -2.48. The fourth-order valence-electron chi connectivity index (χ4n) is 2.49. The summed E-state index contributed by atoms with van der Waals surface area (Å²) in [5.74, 6) is 0. The number of nitrogens with zero attached hydrogens (tertiary/aromatic N) is 1.